The van der Waals surface area contributed by atoms with Crippen molar-refractivity contribution in [1.29, 1.82) is 0 Å². The third-order valence-electron chi connectivity index (χ3n) is 2.70. The lowest BCUT2D eigenvalue weighted by atomic mass is 9.84. The Labute approximate surface area is 106 Å². The molecule has 17 heavy (non-hydrogen) atoms. The number of rotatable bonds is 7. The molecule has 1 atom stereocenters. The molecule has 0 aliphatic carbocycles. The van der Waals surface area contributed by atoms with Gasteiger partial charge in [0.05, 0.1) is 0 Å². The van der Waals surface area contributed by atoms with Gasteiger partial charge in [0.2, 0.25) is 5.91 Å². The van der Waals surface area contributed by atoms with E-state index in [-0.39, 0.29) is 17.4 Å². The molecule has 0 aromatic carbocycles. The van der Waals surface area contributed by atoms with E-state index in [9.17, 15) is 4.79 Å². The highest BCUT2D eigenvalue weighted by Crippen LogP contribution is 2.23. The van der Waals surface area contributed by atoms with E-state index >= 15 is 0 Å². The van der Waals surface area contributed by atoms with E-state index < -0.39 is 0 Å². The highest BCUT2D eigenvalue weighted by atomic mass is 16.1. The van der Waals surface area contributed by atoms with E-state index in [0.717, 1.165) is 25.1 Å². The summed E-state index contributed by atoms with van der Waals surface area (Å²) in [6.45, 7) is 15.2. The van der Waals surface area contributed by atoms with Crippen molar-refractivity contribution in [2.45, 2.75) is 59.9 Å². The molecule has 0 fully saturated rings. The first-order valence-corrected chi connectivity index (χ1v) is 6.46. The fourth-order valence-electron chi connectivity index (χ4n) is 1.65. The molecule has 2 N–H and O–H groups in total. The Kier molecular flexibility index (Phi) is 6.93. The van der Waals surface area contributed by atoms with Gasteiger partial charge in [0, 0.05) is 24.7 Å². The van der Waals surface area contributed by atoms with E-state index in [4.69, 9.17) is 0 Å². The van der Waals surface area contributed by atoms with Crippen LogP contribution in [0.25, 0.3) is 0 Å². The molecule has 3 nitrogen and oxygen atoms in total. The van der Waals surface area contributed by atoms with Gasteiger partial charge in [-0.25, -0.2) is 0 Å². The Morgan fingerprint density at radius 3 is 2.35 bits per heavy atom. The third-order valence-corrected chi connectivity index (χ3v) is 2.70. The highest BCUT2D eigenvalue weighted by molar-refractivity contribution is 5.75. The predicted molar refractivity (Wildman–Crippen MR) is 73.7 cm³/mol. The van der Waals surface area contributed by atoms with Crippen molar-refractivity contribution in [2.24, 2.45) is 5.41 Å². The number of allylic oxidation sites excluding steroid dienone is 1. The van der Waals surface area contributed by atoms with Crippen LogP contribution in [0.2, 0.25) is 0 Å². The summed E-state index contributed by atoms with van der Waals surface area (Å²) < 4.78 is 0. The van der Waals surface area contributed by atoms with Crippen LogP contribution in [0.5, 0.6) is 0 Å². The predicted octanol–water partition coefficient (Wildman–Crippen LogP) is 2.83. The van der Waals surface area contributed by atoms with Crippen LogP contribution in [-0.4, -0.2) is 18.5 Å². The summed E-state index contributed by atoms with van der Waals surface area (Å²) in [6.07, 6.45) is 2.40. The van der Waals surface area contributed by atoms with E-state index in [1.54, 1.807) is 0 Å². The molecule has 0 saturated carbocycles. The standard InChI is InChI=1S/C14H28N2O/c1-7-10-15-13(17)9-8-12(14(4,5)6)16-11(2)3/h12,16H,2,7-10H2,1,3-6H3,(H,15,17). The van der Waals surface area contributed by atoms with Crippen molar-refractivity contribution < 1.29 is 4.79 Å². The highest BCUT2D eigenvalue weighted by Gasteiger charge is 2.24. The molecule has 0 aliphatic rings. The van der Waals surface area contributed by atoms with Crippen molar-refractivity contribution in [3.05, 3.63) is 12.3 Å². The van der Waals surface area contributed by atoms with Crippen molar-refractivity contribution in [3.63, 3.8) is 0 Å². The summed E-state index contributed by atoms with van der Waals surface area (Å²) in [6, 6.07) is 0.285. The lowest BCUT2D eigenvalue weighted by molar-refractivity contribution is -0.121. The molecular weight excluding hydrogens is 212 g/mol. The average molecular weight is 240 g/mol. The summed E-state index contributed by atoms with van der Waals surface area (Å²) in [5, 5.41) is 6.26. The second kappa shape index (κ2) is 7.36. The third kappa shape index (κ3) is 7.83. The van der Waals surface area contributed by atoms with Crippen LogP contribution in [0, 0.1) is 5.41 Å². The van der Waals surface area contributed by atoms with Gasteiger partial charge in [0.1, 0.15) is 0 Å². The van der Waals surface area contributed by atoms with Crippen LogP contribution < -0.4 is 10.6 Å². The first-order valence-electron chi connectivity index (χ1n) is 6.46. The summed E-state index contributed by atoms with van der Waals surface area (Å²) >= 11 is 0. The van der Waals surface area contributed by atoms with Gasteiger partial charge >= 0.3 is 0 Å². The van der Waals surface area contributed by atoms with E-state index in [0.29, 0.717) is 6.42 Å². The Morgan fingerprint density at radius 1 is 1.35 bits per heavy atom. The zero-order valence-electron chi connectivity index (χ0n) is 12.0. The molecule has 0 heterocycles. The van der Waals surface area contributed by atoms with Crippen molar-refractivity contribution in [3.8, 4) is 0 Å². The maximum Gasteiger partial charge on any atom is 0.220 e. The molecule has 0 radical (unpaired) electrons. The smallest absolute Gasteiger partial charge is 0.220 e. The minimum Gasteiger partial charge on any atom is -0.386 e. The van der Waals surface area contributed by atoms with Crippen molar-refractivity contribution in [1.82, 2.24) is 10.6 Å². The fourth-order valence-corrected chi connectivity index (χ4v) is 1.65. The topological polar surface area (TPSA) is 41.1 Å². The zero-order valence-corrected chi connectivity index (χ0v) is 12.0. The minimum atomic E-state index is 0.129. The Balaban J connectivity index is 4.17. The van der Waals surface area contributed by atoms with Crippen LogP contribution in [0.15, 0.2) is 12.3 Å². The Morgan fingerprint density at radius 2 is 1.94 bits per heavy atom. The van der Waals surface area contributed by atoms with Gasteiger partial charge in [-0.1, -0.05) is 34.3 Å². The van der Waals surface area contributed by atoms with E-state index in [1.165, 1.54) is 0 Å². The summed E-state index contributed by atoms with van der Waals surface area (Å²) in [7, 11) is 0. The molecule has 0 aromatic rings. The second-order valence-electron chi connectivity index (χ2n) is 5.73. The molecule has 0 bridgehead atoms. The molecule has 1 amide bonds. The van der Waals surface area contributed by atoms with Crippen LogP contribution in [-0.2, 0) is 4.79 Å². The maximum atomic E-state index is 11.6. The zero-order chi connectivity index (χ0) is 13.5. The van der Waals surface area contributed by atoms with Crippen molar-refractivity contribution >= 4 is 5.91 Å². The van der Waals surface area contributed by atoms with Gasteiger partial charge in [-0.3, -0.25) is 4.79 Å². The van der Waals surface area contributed by atoms with Gasteiger partial charge in [0.25, 0.3) is 0 Å². The first kappa shape index (κ1) is 16.0. The van der Waals surface area contributed by atoms with E-state index in [1.807, 2.05) is 6.92 Å². The maximum absolute atomic E-state index is 11.6. The van der Waals surface area contributed by atoms with Gasteiger partial charge in [-0.15, -0.1) is 0 Å². The average Bonchev–Trinajstić information content (AvgIpc) is 2.19. The SMILES string of the molecule is C=C(C)NC(CCC(=O)NCCC)C(C)(C)C. The minimum absolute atomic E-state index is 0.129. The number of carbonyl (C=O) groups excluding carboxylic acids is 1. The van der Waals surface area contributed by atoms with Gasteiger partial charge in [-0.2, -0.15) is 0 Å². The molecular formula is C14H28N2O. The molecule has 100 valence electrons. The second-order valence-corrected chi connectivity index (χ2v) is 5.73. The first-order chi connectivity index (χ1) is 7.77. The summed E-state index contributed by atoms with van der Waals surface area (Å²) in [4.78, 5) is 11.6. The Hall–Kier alpha value is -0.990. The van der Waals surface area contributed by atoms with E-state index in [2.05, 4.69) is 44.9 Å². The number of amides is 1. The van der Waals surface area contributed by atoms with Crippen molar-refractivity contribution in [2.75, 3.05) is 6.54 Å². The molecule has 0 saturated heterocycles. The quantitative estimate of drug-likeness (QED) is 0.718. The van der Waals surface area contributed by atoms with Gasteiger partial charge in [0.15, 0.2) is 0 Å². The Bertz CT molecular complexity index is 253. The molecule has 0 aromatic heterocycles. The van der Waals surface area contributed by atoms with Gasteiger partial charge < -0.3 is 10.6 Å². The number of nitrogens with one attached hydrogen (secondary N) is 2. The number of hydrogen-bond donors (Lipinski definition) is 2. The summed E-state index contributed by atoms with van der Waals surface area (Å²) in [5.74, 6) is 0.143. The largest absolute Gasteiger partial charge is 0.386 e. The molecule has 0 rings (SSSR count). The normalized spacial score (nSPS) is 13.0. The van der Waals surface area contributed by atoms with Crippen LogP contribution in [0.4, 0.5) is 0 Å². The molecule has 3 heteroatoms. The lowest BCUT2D eigenvalue weighted by Gasteiger charge is -2.32. The number of carbonyl (C=O) groups is 1. The number of hydrogen-bond acceptors (Lipinski definition) is 2. The lowest BCUT2D eigenvalue weighted by Crippen LogP contribution is -2.40. The summed E-state index contributed by atoms with van der Waals surface area (Å²) in [5.41, 5.74) is 1.09. The molecule has 1 unspecified atom stereocenters. The molecule has 0 spiro atoms. The van der Waals surface area contributed by atoms with Crippen LogP contribution in [0.3, 0.4) is 0 Å². The van der Waals surface area contributed by atoms with Crippen LogP contribution in [0.1, 0.15) is 53.9 Å². The van der Waals surface area contributed by atoms with Gasteiger partial charge in [-0.05, 0) is 25.2 Å². The van der Waals surface area contributed by atoms with Crippen LogP contribution >= 0.6 is 0 Å². The fraction of sp³-hybridized carbons (Fsp3) is 0.786. The molecule has 0 aliphatic heterocycles. The monoisotopic (exact) mass is 240 g/mol.